The third kappa shape index (κ3) is 3.95. The highest BCUT2D eigenvalue weighted by Crippen LogP contribution is 2.25. The Bertz CT molecular complexity index is 293. The van der Waals surface area contributed by atoms with Gasteiger partial charge in [-0.2, -0.15) is 0 Å². The van der Waals surface area contributed by atoms with Crippen LogP contribution in [0.4, 0.5) is 0 Å². The summed E-state index contributed by atoms with van der Waals surface area (Å²) >= 11 is 5.26. The molecule has 0 aliphatic carbocycles. The highest BCUT2D eigenvalue weighted by molar-refractivity contribution is 9.10. The average molecular weight is 274 g/mol. The molecule has 0 aromatic carbocycles. The van der Waals surface area contributed by atoms with Gasteiger partial charge in [0.15, 0.2) is 0 Å². The van der Waals surface area contributed by atoms with Crippen molar-refractivity contribution in [3.8, 4) is 0 Å². The van der Waals surface area contributed by atoms with Crippen LogP contribution >= 0.6 is 27.3 Å². The zero-order chi connectivity index (χ0) is 10.4. The molecule has 1 nitrogen and oxygen atoms in total. The predicted octanol–water partition coefficient (Wildman–Crippen LogP) is 4.13. The lowest BCUT2D eigenvalue weighted by Gasteiger charge is -2.10. The van der Waals surface area contributed by atoms with E-state index in [0.717, 1.165) is 13.0 Å². The molecule has 1 unspecified atom stereocenters. The van der Waals surface area contributed by atoms with Crippen LogP contribution in [-0.2, 0) is 0 Å². The number of rotatable bonds is 5. The molecule has 0 saturated carbocycles. The summed E-state index contributed by atoms with van der Waals surface area (Å²) < 4.78 is 1.18. The highest BCUT2D eigenvalue weighted by atomic mass is 79.9. The molecule has 0 saturated heterocycles. The van der Waals surface area contributed by atoms with Crippen LogP contribution in [0.25, 0.3) is 0 Å². The minimum Gasteiger partial charge on any atom is -0.309 e. The van der Waals surface area contributed by atoms with E-state index in [0.29, 0.717) is 6.04 Å². The number of hydrogen-bond acceptors (Lipinski definition) is 2. The van der Waals surface area contributed by atoms with Gasteiger partial charge >= 0.3 is 0 Å². The molecule has 0 aliphatic rings. The van der Waals surface area contributed by atoms with Crippen molar-refractivity contribution in [1.29, 1.82) is 0 Å². The van der Waals surface area contributed by atoms with Gasteiger partial charge in [-0.15, -0.1) is 11.3 Å². The first-order valence-corrected chi connectivity index (χ1v) is 6.49. The molecule has 0 aliphatic heterocycles. The normalized spacial score (nSPS) is 13.6. The van der Waals surface area contributed by atoms with Crippen molar-refractivity contribution in [2.24, 2.45) is 0 Å². The van der Waals surface area contributed by atoms with Crippen molar-refractivity contribution < 1.29 is 0 Å². The van der Waals surface area contributed by atoms with E-state index < -0.39 is 0 Å². The molecule has 1 atom stereocenters. The van der Waals surface area contributed by atoms with E-state index in [1.165, 1.54) is 9.35 Å². The summed E-state index contributed by atoms with van der Waals surface area (Å²) in [5.74, 6) is 0. The van der Waals surface area contributed by atoms with E-state index in [9.17, 15) is 0 Å². The zero-order valence-electron chi connectivity index (χ0n) is 8.59. The molecule has 0 spiro atoms. The van der Waals surface area contributed by atoms with Crippen molar-refractivity contribution in [3.05, 3.63) is 32.9 Å². The van der Waals surface area contributed by atoms with E-state index in [1.54, 1.807) is 11.3 Å². The number of nitrogens with one attached hydrogen (secondary N) is 1. The summed E-state index contributed by atoms with van der Waals surface area (Å²) in [6.45, 7) is 5.30. The van der Waals surface area contributed by atoms with Gasteiger partial charge in [-0.25, -0.2) is 0 Å². The van der Waals surface area contributed by atoms with Crippen molar-refractivity contribution in [2.75, 3.05) is 6.54 Å². The maximum atomic E-state index is 3.49. The van der Waals surface area contributed by atoms with Crippen LogP contribution in [0.3, 0.4) is 0 Å². The second-order valence-electron chi connectivity index (χ2n) is 3.20. The summed E-state index contributed by atoms with van der Waals surface area (Å²) in [5, 5.41) is 5.61. The summed E-state index contributed by atoms with van der Waals surface area (Å²) in [7, 11) is 0. The fourth-order valence-corrected chi connectivity index (χ4v) is 2.68. The molecular weight excluding hydrogens is 258 g/mol. The Balaban J connectivity index is 2.31. The van der Waals surface area contributed by atoms with Gasteiger partial charge in [0.05, 0.1) is 0 Å². The molecule has 3 heteroatoms. The number of hydrogen-bond donors (Lipinski definition) is 1. The third-order valence-electron chi connectivity index (χ3n) is 2.01. The van der Waals surface area contributed by atoms with Crippen LogP contribution in [0.5, 0.6) is 0 Å². The second kappa shape index (κ2) is 6.38. The van der Waals surface area contributed by atoms with Gasteiger partial charge in [0.1, 0.15) is 0 Å². The topological polar surface area (TPSA) is 12.0 Å². The summed E-state index contributed by atoms with van der Waals surface area (Å²) in [4.78, 5) is 1.39. The Morgan fingerprint density at radius 3 is 3.00 bits per heavy atom. The monoisotopic (exact) mass is 273 g/mol. The lowest BCUT2D eigenvalue weighted by atomic mass is 10.2. The maximum absolute atomic E-state index is 3.49. The second-order valence-corrected chi connectivity index (χ2v) is 5.06. The van der Waals surface area contributed by atoms with Gasteiger partial charge in [-0.3, -0.25) is 0 Å². The lowest BCUT2D eigenvalue weighted by molar-refractivity contribution is 0.589. The molecule has 0 bridgehead atoms. The average Bonchev–Trinajstić information content (AvgIpc) is 2.59. The molecule has 14 heavy (non-hydrogen) atoms. The van der Waals surface area contributed by atoms with E-state index >= 15 is 0 Å². The van der Waals surface area contributed by atoms with Gasteiger partial charge in [-0.1, -0.05) is 12.2 Å². The summed E-state index contributed by atoms with van der Waals surface area (Å²) in [6, 6.07) is 2.63. The van der Waals surface area contributed by atoms with Crippen molar-refractivity contribution in [1.82, 2.24) is 5.32 Å². The Morgan fingerprint density at radius 2 is 2.43 bits per heavy atom. The Kier molecular flexibility index (Phi) is 5.45. The molecule has 1 N–H and O–H groups in total. The van der Waals surface area contributed by atoms with E-state index in [2.05, 4.69) is 58.7 Å². The zero-order valence-corrected chi connectivity index (χ0v) is 11.0. The summed E-state index contributed by atoms with van der Waals surface area (Å²) in [5.41, 5.74) is 0. The largest absolute Gasteiger partial charge is 0.309 e. The highest BCUT2D eigenvalue weighted by Gasteiger charge is 2.05. The van der Waals surface area contributed by atoms with Crippen LogP contribution in [0, 0.1) is 0 Å². The number of thiophene rings is 1. The standard InChI is InChI=1S/C11H16BrNS/c1-3-4-5-6-13-9(2)11-7-10(12)8-14-11/h3-4,7-9,13H,5-6H2,1-2H3/b4-3+. The molecule has 1 aromatic rings. The Hall–Kier alpha value is -0.120. The van der Waals surface area contributed by atoms with Crippen LogP contribution in [0.15, 0.2) is 28.1 Å². The van der Waals surface area contributed by atoms with Gasteiger partial charge in [0.25, 0.3) is 0 Å². The molecule has 1 aromatic heterocycles. The molecule has 1 heterocycles. The molecular formula is C11H16BrNS. The Labute approximate surface area is 98.4 Å². The number of allylic oxidation sites excluding steroid dienone is 1. The first kappa shape index (κ1) is 12.0. The number of halogens is 1. The quantitative estimate of drug-likeness (QED) is 0.629. The molecule has 1 rings (SSSR count). The lowest BCUT2D eigenvalue weighted by Crippen LogP contribution is -2.18. The first-order valence-electron chi connectivity index (χ1n) is 4.82. The predicted molar refractivity (Wildman–Crippen MR) is 67.9 cm³/mol. The van der Waals surface area contributed by atoms with Crippen LogP contribution in [0.2, 0.25) is 0 Å². The smallest absolute Gasteiger partial charge is 0.0386 e. The van der Waals surface area contributed by atoms with E-state index in [-0.39, 0.29) is 0 Å². The van der Waals surface area contributed by atoms with Crippen molar-refractivity contribution in [3.63, 3.8) is 0 Å². The molecule has 78 valence electrons. The van der Waals surface area contributed by atoms with E-state index in [1.807, 2.05) is 0 Å². The van der Waals surface area contributed by atoms with Gasteiger partial charge < -0.3 is 5.32 Å². The maximum Gasteiger partial charge on any atom is 0.0386 e. The molecule has 0 radical (unpaired) electrons. The minimum absolute atomic E-state index is 0.455. The van der Waals surface area contributed by atoms with Crippen LogP contribution < -0.4 is 5.32 Å². The summed E-state index contributed by atoms with van der Waals surface area (Å²) in [6.07, 6.45) is 5.38. The van der Waals surface area contributed by atoms with Crippen molar-refractivity contribution >= 4 is 27.3 Å². The van der Waals surface area contributed by atoms with Gasteiger partial charge in [0, 0.05) is 20.8 Å². The SMILES string of the molecule is C/C=C/CCNC(C)c1cc(Br)cs1. The van der Waals surface area contributed by atoms with Crippen LogP contribution in [0.1, 0.15) is 31.2 Å². The Morgan fingerprint density at radius 1 is 1.64 bits per heavy atom. The van der Waals surface area contributed by atoms with Gasteiger partial charge in [0.2, 0.25) is 0 Å². The molecule has 0 amide bonds. The first-order chi connectivity index (χ1) is 6.74. The van der Waals surface area contributed by atoms with Gasteiger partial charge in [-0.05, 0) is 48.8 Å². The fourth-order valence-electron chi connectivity index (χ4n) is 1.21. The minimum atomic E-state index is 0.455. The van der Waals surface area contributed by atoms with Crippen molar-refractivity contribution in [2.45, 2.75) is 26.3 Å². The fraction of sp³-hybridized carbons (Fsp3) is 0.455. The van der Waals surface area contributed by atoms with E-state index in [4.69, 9.17) is 0 Å². The third-order valence-corrected chi connectivity index (χ3v) is 3.89. The molecule has 0 fully saturated rings. The van der Waals surface area contributed by atoms with Crippen LogP contribution in [-0.4, -0.2) is 6.54 Å².